The minimum atomic E-state index is 0.0749. The second kappa shape index (κ2) is 11.7. The average molecular weight is 490 g/mol. The Morgan fingerprint density at radius 2 is 1.66 bits per heavy atom. The SMILES string of the molecule is OCCOCCN1CCN(C2=Nc3cc(OCc4ccccc4)ccc3Sc3ccccc32)CC1. The van der Waals surface area contributed by atoms with Crippen molar-refractivity contribution in [1.82, 2.24) is 9.80 Å². The van der Waals surface area contributed by atoms with E-state index in [-0.39, 0.29) is 6.61 Å². The Bertz CT molecular complexity index is 1150. The molecule has 1 saturated heterocycles. The molecule has 0 bridgehead atoms. The summed E-state index contributed by atoms with van der Waals surface area (Å²) >= 11 is 1.77. The van der Waals surface area contributed by atoms with Crippen molar-refractivity contribution in [3.8, 4) is 5.75 Å². The summed E-state index contributed by atoms with van der Waals surface area (Å²) < 4.78 is 11.5. The van der Waals surface area contributed by atoms with E-state index in [2.05, 4.69) is 58.3 Å². The summed E-state index contributed by atoms with van der Waals surface area (Å²) in [4.78, 5) is 12.4. The van der Waals surface area contributed by atoms with E-state index < -0.39 is 0 Å². The van der Waals surface area contributed by atoms with Gasteiger partial charge in [-0.3, -0.25) is 4.90 Å². The van der Waals surface area contributed by atoms with E-state index in [1.807, 2.05) is 24.3 Å². The molecule has 2 aliphatic rings. The molecule has 0 spiro atoms. The summed E-state index contributed by atoms with van der Waals surface area (Å²) in [5.41, 5.74) is 3.28. The maximum atomic E-state index is 8.89. The van der Waals surface area contributed by atoms with Gasteiger partial charge in [0, 0.05) is 54.1 Å². The Kier molecular flexibility index (Phi) is 8.00. The van der Waals surface area contributed by atoms with Crippen LogP contribution in [0.2, 0.25) is 0 Å². The zero-order valence-corrected chi connectivity index (χ0v) is 20.6. The summed E-state index contributed by atoms with van der Waals surface area (Å²) in [7, 11) is 0. The van der Waals surface area contributed by atoms with E-state index in [1.54, 1.807) is 11.8 Å². The van der Waals surface area contributed by atoms with Crippen LogP contribution in [0.25, 0.3) is 0 Å². The fraction of sp³-hybridized carbons (Fsp3) is 0.321. The minimum Gasteiger partial charge on any atom is -0.489 e. The van der Waals surface area contributed by atoms with Gasteiger partial charge in [0.15, 0.2) is 0 Å². The molecule has 35 heavy (non-hydrogen) atoms. The Balaban J connectivity index is 1.34. The molecule has 0 atom stereocenters. The highest BCUT2D eigenvalue weighted by atomic mass is 32.2. The number of piperazine rings is 1. The average Bonchev–Trinajstić information content (AvgIpc) is 3.07. The smallest absolute Gasteiger partial charge is 0.137 e. The first-order chi connectivity index (χ1) is 17.3. The lowest BCUT2D eigenvalue weighted by molar-refractivity contribution is 0.0652. The molecule has 0 radical (unpaired) electrons. The summed E-state index contributed by atoms with van der Waals surface area (Å²) in [6.07, 6.45) is 0. The van der Waals surface area contributed by atoms with Crippen molar-refractivity contribution in [2.75, 3.05) is 52.5 Å². The van der Waals surface area contributed by atoms with Crippen LogP contribution in [0.4, 0.5) is 5.69 Å². The monoisotopic (exact) mass is 489 g/mol. The molecule has 0 aromatic heterocycles. The third-order valence-electron chi connectivity index (χ3n) is 6.21. The molecule has 0 aliphatic carbocycles. The molecule has 182 valence electrons. The highest BCUT2D eigenvalue weighted by Crippen LogP contribution is 2.42. The van der Waals surface area contributed by atoms with Crippen molar-refractivity contribution in [1.29, 1.82) is 0 Å². The van der Waals surface area contributed by atoms with Gasteiger partial charge in [0.05, 0.1) is 25.5 Å². The number of nitrogens with zero attached hydrogens (tertiary/aromatic N) is 3. The lowest BCUT2D eigenvalue weighted by atomic mass is 10.1. The van der Waals surface area contributed by atoms with E-state index in [9.17, 15) is 0 Å². The van der Waals surface area contributed by atoms with Crippen molar-refractivity contribution >= 4 is 23.3 Å². The molecule has 7 heteroatoms. The molecule has 0 saturated carbocycles. The molecule has 2 aliphatic heterocycles. The number of hydrogen-bond acceptors (Lipinski definition) is 7. The van der Waals surface area contributed by atoms with Crippen LogP contribution in [-0.2, 0) is 11.3 Å². The van der Waals surface area contributed by atoms with Crippen LogP contribution in [0.1, 0.15) is 11.1 Å². The lowest BCUT2D eigenvalue weighted by Gasteiger charge is -2.36. The van der Waals surface area contributed by atoms with Crippen molar-refractivity contribution in [2.24, 2.45) is 4.99 Å². The number of aliphatic hydroxyl groups excluding tert-OH is 1. The number of aliphatic hydroxyl groups is 1. The highest BCUT2D eigenvalue weighted by molar-refractivity contribution is 7.99. The standard InChI is InChI=1S/C28H31N3O3S/c32-17-19-33-18-16-30-12-14-31(15-13-30)28-24-8-4-5-9-26(24)35-27-11-10-23(20-25(27)29-28)34-21-22-6-2-1-3-7-22/h1-11,20,32H,12-19,21H2. The Morgan fingerprint density at radius 3 is 2.49 bits per heavy atom. The zero-order chi connectivity index (χ0) is 23.9. The van der Waals surface area contributed by atoms with E-state index >= 15 is 0 Å². The fourth-order valence-corrected chi connectivity index (χ4v) is 5.32. The van der Waals surface area contributed by atoms with Crippen molar-refractivity contribution in [3.05, 3.63) is 83.9 Å². The quantitative estimate of drug-likeness (QED) is 0.473. The maximum Gasteiger partial charge on any atom is 0.137 e. The van der Waals surface area contributed by atoms with Crippen LogP contribution < -0.4 is 4.74 Å². The highest BCUT2D eigenvalue weighted by Gasteiger charge is 2.25. The predicted octanol–water partition coefficient (Wildman–Crippen LogP) is 4.44. The third-order valence-corrected chi connectivity index (χ3v) is 7.35. The zero-order valence-electron chi connectivity index (χ0n) is 19.8. The summed E-state index contributed by atoms with van der Waals surface area (Å²) in [6, 6.07) is 25.0. The number of hydrogen-bond donors (Lipinski definition) is 1. The molecule has 5 rings (SSSR count). The van der Waals surface area contributed by atoms with Gasteiger partial charge in [0.2, 0.25) is 0 Å². The third kappa shape index (κ3) is 6.05. The molecule has 0 amide bonds. The number of ether oxygens (including phenoxy) is 2. The molecule has 0 unspecified atom stereocenters. The fourth-order valence-electron chi connectivity index (χ4n) is 4.32. The van der Waals surface area contributed by atoms with E-state index in [4.69, 9.17) is 19.6 Å². The van der Waals surface area contributed by atoms with Crippen LogP contribution in [-0.4, -0.2) is 73.3 Å². The van der Waals surface area contributed by atoms with Crippen molar-refractivity contribution in [2.45, 2.75) is 16.4 Å². The Hall–Kier alpha value is -2.84. The first-order valence-corrected chi connectivity index (χ1v) is 12.9. The van der Waals surface area contributed by atoms with Crippen molar-refractivity contribution in [3.63, 3.8) is 0 Å². The number of fused-ring (bicyclic) bond motifs is 2. The number of rotatable bonds is 8. The topological polar surface area (TPSA) is 57.5 Å². The van der Waals surface area contributed by atoms with Crippen molar-refractivity contribution < 1.29 is 14.6 Å². The minimum absolute atomic E-state index is 0.0749. The molecule has 1 fully saturated rings. The molecule has 6 nitrogen and oxygen atoms in total. The molecule has 3 aromatic rings. The largest absolute Gasteiger partial charge is 0.489 e. The van der Waals surface area contributed by atoms with Gasteiger partial charge in [0.1, 0.15) is 18.2 Å². The van der Waals surface area contributed by atoms with Gasteiger partial charge in [0.25, 0.3) is 0 Å². The molecule has 1 N–H and O–H groups in total. The number of benzene rings is 3. The first kappa shape index (κ1) is 23.9. The second-order valence-electron chi connectivity index (χ2n) is 8.60. The van der Waals surface area contributed by atoms with Crippen LogP contribution in [0.15, 0.2) is 87.6 Å². The number of aliphatic imine (C=N–C) groups is 1. The first-order valence-electron chi connectivity index (χ1n) is 12.1. The normalized spacial score (nSPS) is 15.7. The van der Waals surface area contributed by atoms with E-state index in [1.165, 1.54) is 10.5 Å². The van der Waals surface area contributed by atoms with Gasteiger partial charge < -0.3 is 19.5 Å². The summed E-state index contributed by atoms with van der Waals surface area (Å²) in [5, 5.41) is 8.89. The summed E-state index contributed by atoms with van der Waals surface area (Å²) in [5.74, 6) is 1.86. The van der Waals surface area contributed by atoms with Gasteiger partial charge in [-0.15, -0.1) is 0 Å². The predicted molar refractivity (Wildman–Crippen MR) is 140 cm³/mol. The second-order valence-corrected chi connectivity index (χ2v) is 9.69. The number of amidine groups is 1. The van der Waals surface area contributed by atoms with Gasteiger partial charge in [-0.25, -0.2) is 4.99 Å². The maximum absolute atomic E-state index is 8.89. The molecule has 3 aromatic carbocycles. The Morgan fingerprint density at radius 1 is 0.857 bits per heavy atom. The van der Waals surface area contributed by atoms with Gasteiger partial charge >= 0.3 is 0 Å². The van der Waals surface area contributed by atoms with E-state index in [0.29, 0.717) is 19.8 Å². The van der Waals surface area contributed by atoms with Gasteiger partial charge in [-0.1, -0.05) is 60.3 Å². The van der Waals surface area contributed by atoms with E-state index in [0.717, 1.165) is 60.5 Å². The van der Waals surface area contributed by atoms with Gasteiger partial charge in [-0.05, 0) is 23.8 Å². The van der Waals surface area contributed by atoms with Crippen LogP contribution in [0, 0.1) is 0 Å². The molecular formula is C28H31N3O3S. The lowest BCUT2D eigenvalue weighted by Crippen LogP contribution is -2.49. The summed E-state index contributed by atoms with van der Waals surface area (Å²) in [6.45, 7) is 6.31. The van der Waals surface area contributed by atoms with Gasteiger partial charge in [-0.2, -0.15) is 0 Å². The van der Waals surface area contributed by atoms with Crippen LogP contribution in [0.5, 0.6) is 5.75 Å². The molecule has 2 heterocycles. The van der Waals surface area contributed by atoms with Crippen LogP contribution >= 0.6 is 11.8 Å². The Labute approximate surface area is 211 Å². The molecular weight excluding hydrogens is 458 g/mol. The van der Waals surface area contributed by atoms with Crippen LogP contribution in [0.3, 0.4) is 0 Å².